The summed E-state index contributed by atoms with van der Waals surface area (Å²) in [7, 11) is 0. The van der Waals surface area contributed by atoms with E-state index >= 15 is 0 Å². The van der Waals surface area contributed by atoms with Crippen LogP contribution in [0.25, 0.3) is 5.82 Å². The Hall–Kier alpha value is -2.49. The Morgan fingerprint density at radius 2 is 2.15 bits per heavy atom. The third kappa shape index (κ3) is 5.75. The van der Waals surface area contributed by atoms with E-state index in [1.54, 1.807) is 27.0 Å². The summed E-state index contributed by atoms with van der Waals surface area (Å²) in [5, 5.41) is 6.44. The Morgan fingerprint density at radius 1 is 1.44 bits per heavy atom. The lowest BCUT2D eigenvalue weighted by Gasteiger charge is -2.19. The first-order valence-electron chi connectivity index (χ1n) is 8.12. The average molecular weight is 442 g/mol. The SMILES string of the molecule is Cc1cc(Br)cnc1-n1cnn(C/C(=C/F)CNC(=O)OC(C)(C)C)c1=O. The van der Waals surface area contributed by atoms with E-state index in [0.717, 1.165) is 14.7 Å². The molecule has 0 aliphatic rings. The largest absolute Gasteiger partial charge is 0.444 e. The molecule has 0 atom stereocenters. The number of alkyl carbamates (subject to hydrolysis) is 1. The highest BCUT2D eigenvalue weighted by Crippen LogP contribution is 2.15. The molecule has 0 radical (unpaired) electrons. The molecule has 146 valence electrons. The molecule has 2 aromatic rings. The van der Waals surface area contributed by atoms with Gasteiger partial charge in [0.15, 0.2) is 0 Å². The highest BCUT2D eigenvalue weighted by Gasteiger charge is 2.17. The van der Waals surface area contributed by atoms with Gasteiger partial charge in [-0.3, -0.25) is 0 Å². The predicted octanol–water partition coefficient (Wildman–Crippen LogP) is 2.88. The minimum absolute atomic E-state index is 0.111. The fraction of sp³-hybridized carbons (Fsp3) is 0.412. The second-order valence-electron chi connectivity index (χ2n) is 6.86. The number of halogens is 2. The summed E-state index contributed by atoms with van der Waals surface area (Å²) < 4.78 is 21.4. The van der Waals surface area contributed by atoms with Gasteiger partial charge in [-0.1, -0.05) is 0 Å². The lowest BCUT2D eigenvalue weighted by molar-refractivity contribution is 0.0532. The summed E-state index contributed by atoms with van der Waals surface area (Å²) in [6.07, 6.45) is 2.56. The van der Waals surface area contributed by atoms with E-state index in [4.69, 9.17) is 4.74 Å². The number of rotatable bonds is 5. The van der Waals surface area contributed by atoms with Crippen LogP contribution in [0.4, 0.5) is 9.18 Å². The van der Waals surface area contributed by atoms with Crippen molar-refractivity contribution < 1.29 is 13.9 Å². The second kappa shape index (κ2) is 8.47. The number of nitrogens with zero attached hydrogens (tertiary/aromatic N) is 4. The highest BCUT2D eigenvalue weighted by molar-refractivity contribution is 9.10. The molecule has 1 N–H and O–H groups in total. The molecule has 0 aliphatic heterocycles. The van der Waals surface area contributed by atoms with Gasteiger partial charge in [0.25, 0.3) is 0 Å². The molecule has 0 bridgehead atoms. The summed E-state index contributed by atoms with van der Waals surface area (Å²) in [5.74, 6) is 0.437. The summed E-state index contributed by atoms with van der Waals surface area (Å²) in [4.78, 5) is 28.4. The topological polar surface area (TPSA) is 91.0 Å². The van der Waals surface area contributed by atoms with Crippen molar-refractivity contribution >= 4 is 22.0 Å². The van der Waals surface area contributed by atoms with Crippen LogP contribution >= 0.6 is 15.9 Å². The van der Waals surface area contributed by atoms with Crippen molar-refractivity contribution in [2.24, 2.45) is 0 Å². The normalized spacial score (nSPS) is 12.1. The number of nitrogens with one attached hydrogen (secondary N) is 1. The van der Waals surface area contributed by atoms with Crippen molar-refractivity contribution in [2.45, 2.75) is 39.8 Å². The summed E-state index contributed by atoms with van der Waals surface area (Å²) in [5.41, 5.74) is -0.188. The van der Waals surface area contributed by atoms with Crippen LogP contribution < -0.4 is 11.0 Å². The Kier molecular flexibility index (Phi) is 6.53. The van der Waals surface area contributed by atoms with Gasteiger partial charge in [-0.05, 0) is 60.8 Å². The van der Waals surface area contributed by atoms with Gasteiger partial charge in [0.1, 0.15) is 17.7 Å². The fourth-order valence-corrected chi connectivity index (χ4v) is 2.64. The van der Waals surface area contributed by atoms with Crippen LogP contribution in [0.15, 0.2) is 39.8 Å². The number of aromatic nitrogens is 4. The van der Waals surface area contributed by atoms with E-state index in [2.05, 4.69) is 31.3 Å². The summed E-state index contributed by atoms with van der Waals surface area (Å²) in [6.45, 7) is 6.76. The van der Waals surface area contributed by atoms with Crippen LogP contribution in [0, 0.1) is 6.92 Å². The zero-order valence-corrected chi connectivity index (χ0v) is 17.1. The third-order valence-corrected chi connectivity index (χ3v) is 3.78. The molecule has 0 aromatic carbocycles. The quantitative estimate of drug-likeness (QED) is 0.769. The van der Waals surface area contributed by atoms with Crippen molar-refractivity contribution in [3.05, 3.63) is 51.0 Å². The van der Waals surface area contributed by atoms with Gasteiger partial charge in [-0.25, -0.2) is 28.2 Å². The maximum atomic E-state index is 13.2. The molecule has 0 unspecified atom stereocenters. The molecule has 2 heterocycles. The second-order valence-corrected chi connectivity index (χ2v) is 7.77. The molecule has 0 saturated carbocycles. The number of ether oxygens (including phenoxy) is 1. The fourth-order valence-electron chi connectivity index (χ4n) is 2.20. The van der Waals surface area contributed by atoms with Crippen molar-refractivity contribution in [2.75, 3.05) is 6.54 Å². The Labute approximate surface area is 164 Å². The molecule has 2 aromatic heterocycles. The van der Waals surface area contributed by atoms with Crippen LogP contribution in [0.2, 0.25) is 0 Å². The van der Waals surface area contributed by atoms with E-state index in [1.807, 2.05) is 13.0 Å². The first-order chi connectivity index (χ1) is 12.6. The van der Waals surface area contributed by atoms with Gasteiger partial charge >= 0.3 is 11.8 Å². The van der Waals surface area contributed by atoms with Crippen molar-refractivity contribution in [3.8, 4) is 5.82 Å². The number of pyridine rings is 1. The van der Waals surface area contributed by atoms with Gasteiger partial charge in [0.2, 0.25) is 0 Å². The number of carbonyl (C=O) groups excluding carboxylic acids is 1. The highest BCUT2D eigenvalue weighted by atomic mass is 79.9. The molecule has 0 aliphatic carbocycles. The lowest BCUT2D eigenvalue weighted by Crippen LogP contribution is -2.34. The van der Waals surface area contributed by atoms with Crippen LogP contribution in [0.5, 0.6) is 0 Å². The molecular formula is C17H21BrFN5O3. The summed E-state index contributed by atoms with van der Waals surface area (Å²) >= 11 is 3.32. The van der Waals surface area contributed by atoms with E-state index in [0.29, 0.717) is 12.1 Å². The van der Waals surface area contributed by atoms with Gasteiger partial charge in [-0.2, -0.15) is 5.10 Å². The molecule has 0 spiro atoms. The van der Waals surface area contributed by atoms with E-state index in [1.165, 1.54) is 10.9 Å². The predicted molar refractivity (Wildman–Crippen MR) is 101 cm³/mol. The lowest BCUT2D eigenvalue weighted by atomic mass is 10.2. The first-order valence-corrected chi connectivity index (χ1v) is 8.92. The van der Waals surface area contributed by atoms with Crippen LogP contribution in [0.3, 0.4) is 0 Å². The molecule has 27 heavy (non-hydrogen) atoms. The molecule has 1 amide bonds. The third-order valence-electron chi connectivity index (χ3n) is 3.34. The van der Waals surface area contributed by atoms with Crippen LogP contribution in [0.1, 0.15) is 26.3 Å². The standard InChI is InChI=1S/C17H21BrFN5O3/c1-11-5-13(18)8-20-14(11)23-10-22-24(16(23)26)9-12(6-19)7-21-15(25)27-17(2,3)4/h5-6,8,10H,7,9H2,1-4H3,(H,21,25)/b12-6+. The Bertz CT molecular complexity index is 914. The zero-order valence-electron chi connectivity index (χ0n) is 15.5. The molecular weight excluding hydrogens is 421 g/mol. The van der Waals surface area contributed by atoms with Crippen LogP contribution in [-0.2, 0) is 11.3 Å². The van der Waals surface area contributed by atoms with Crippen molar-refractivity contribution in [3.63, 3.8) is 0 Å². The molecule has 10 heteroatoms. The molecule has 0 saturated heterocycles. The average Bonchev–Trinajstić information content (AvgIpc) is 2.90. The van der Waals surface area contributed by atoms with E-state index in [-0.39, 0.29) is 18.7 Å². The van der Waals surface area contributed by atoms with Crippen molar-refractivity contribution in [1.82, 2.24) is 24.6 Å². The van der Waals surface area contributed by atoms with Gasteiger partial charge in [0, 0.05) is 17.2 Å². The minimum atomic E-state index is -0.672. The maximum absolute atomic E-state index is 13.2. The number of carbonyl (C=O) groups is 1. The van der Waals surface area contributed by atoms with Crippen LogP contribution in [-0.4, -0.2) is 37.6 Å². The molecule has 0 fully saturated rings. The summed E-state index contributed by atoms with van der Waals surface area (Å²) in [6, 6.07) is 1.82. The molecule has 8 nitrogen and oxygen atoms in total. The Morgan fingerprint density at radius 3 is 2.74 bits per heavy atom. The van der Waals surface area contributed by atoms with E-state index in [9.17, 15) is 14.0 Å². The maximum Gasteiger partial charge on any atom is 0.407 e. The van der Waals surface area contributed by atoms with E-state index < -0.39 is 17.4 Å². The van der Waals surface area contributed by atoms with Gasteiger partial charge in [-0.15, -0.1) is 0 Å². The smallest absolute Gasteiger partial charge is 0.407 e. The first kappa shape index (κ1) is 20.8. The zero-order chi connectivity index (χ0) is 20.2. The van der Waals surface area contributed by atoms with Gasteiger partial charge in [0.05, 0.1) is 12.9 Å². The minimum Gasteiger partial charge on any atom is -0.444 e. The Balaban J connectivity index is 2.10. The number of amides is 1. The number of aryl methyl sites for hydroxylation is 1. The van der Waals surface area contributed by atoms with Gasteiger partial charge < -0.3 is 10.1 Å². The van der Waals surface area contributed by atoms with Crippen molar-refractivity contribution in [1.29, 1.82) is 0 Å². The number of hydrogen-bond donors (Lipinski definition) is 1. The molecule has 2 rings (SSSR count). The number of hydrogen-bond acceptors (Lipinski definition) is 5. The monoisotopic (exact) mass is 441 g/mol.